The molecule has 3 rings (SSSR count). The molecule has 0 aliphatic rings. The molecule has 3 aromatic rings. The molecule has 6 heteroatoms. The number of rotatable bonds is 13. The van der Waals surface area contributed by atoms with Crippen molar-refractivity contribution in [2.75, 3.05) is 43.6 Å². The summed E-state index contributed by atoms with van der Waals surface area (Å²) in [5.74, 6) is 1.26. The van der Waals surface area contributed by atoms with E-state index in [0.717, 1.165) is 17.9 Å². The summed E-state index contributed by atoms with van der Waals surface area (Å²) < 4.78 is 16.8. The fraction of sp³-hybridized carbons (Fsp3) is 0.269. The fourth-order valence-corrected chi connectivity index (χ4v) is 3.03. The van der Waals surface area contributed by atoms with E-state index in [1.807, 2.05) is 73.7 Å². The maximum atomic E-state index is 12.4. The van der Waals surface area contributed by atoms with Crippen LogP contribution in [-0.2, 0) is 16.0 Å². The van der Waals surface area contributed by atoms with Gasteiger partial charge >= 0.3 is 0 Å². The molecule has 1 amide bonds. The number of hydrogen-bond donors (Lipinski definition) is 2. The number of nitrogens with one attached hydrogen (secondary N) is 2. The Balaban J connectivity index is 1.41. The summed E-state index contributed by atoms with van der Waals surface area (Å²) in [7, 11) is 0. The van der Waals surface area contributed by atoms with Crippen LogP contribution in [0.4, 0.5) is 11.4 Å². The van der Waals surface area contributed by atoms with Crippen LogP contribution in [0.15, 0.2) is 78.9 Å². The van der Waals surface area contributed by atoms with Gasteiger partial charge in [0.1, 0.15) is 18.1 Å². The summed E-state index contributed by atoms with van der Waals surface area (Å²) in [6.45, 7) is 4.28. The molecule has 0 radical (unpaired) electrons. The van der Waals surface area contributed by atoms with Gasteiger partial charge in [0.25, 0.3) is 0 Å². The van der Waals surface area contributed by atoms with Crippen LogP contribution in [-0.4, -0.2) is 38.9 Å². The molecule has 0 fully saturated rings. The second kappa shape index (κ2) is 13.0. The molecule has 0 bridgehead atoms. The number of amides is 1. The van der Waals surface area contributed by atoms with Crippen LogP contribution in [0.2, 0.25) is 0 Å². The van der Waals surface area contributed by atoms with Gasteiger partial charge in [0.05, 0.1) is 25.4 Å². The van der Waals surface area contributed by atoms with Crippen LogP contribution in [0, 0.1) is 0 Å². The van der Waals surface area contributed by atoms with Crippen molar-refractivity contribution in [3.63, 3.8) is 0 Å². The van der Waals surface area contributed by atoms with Gasteiger partial charge in [0.2, 0.25) is 5.91 Å². The van der Waals surface area contributed by atoms with E-state index >= 15 is 0 Å². The lowest BCUT2D eigenvalue weighted by molar-refractivity contribution is -0.114. The number of benzene rings is 3. The van der Waals surface area contributed by atoms with Gasteiger partial charge in [-0.15, -0.1) is 0 Å². The van der Waals surface area contributed by atoms with Crippen molar-refractivity contribution in [1.29, 1.82) is 0 Å². The minimum atomic E-state index is -0.158. The number of hydrogen-bond acceptors (Lipinski definition) is 5. The summed E-state index contributed by atoms with van der Waals surface area (Å²) in [6, 6.07) is 25.2. The lowest BCUT2D eigenvalue weighted by Crippen LogP contribution is -2.22. The van der Waals surface area contributed by atoms with E-state index in [1.165, 1.54) is 5.56 Å². The third kappa shape index (κ3) is 7.96. The number of ether oxygens (including phenoxy) is 3. The maximum absolute atomic E-state index is 12.4. The minimum Gasteiger partial charge on any atom is -0.493 e. The molecular weight excluding hydrogens is 404 g/mol. The average molecular weight is 435 g/mol. The Bertz CT molecular complexity index is 946. The van der Waals surface area contributed by atoms with E-state index in [1.54, 1.807) is 0 Å². The fourth-order valence-electron chi connectivity index (χ4n) is 3.03. The maximum Gasteiger partial charge on any atom is 0.243 e. The zero-order valence-electron chi connectivity index (χ0n) is 18.4. The third-order valence-electron chi connectivity index (χ3n) is 4.66. The molecule has 2 N–H and O–H groups in total. The zero-order chi connectivity index (χ0) is 22.4. The molecule has 0 saturated heterocycles. The highest BCUT2D eigenvalue weighted by Crippen LogP contribution is 2.23. The Hall–Kier alpha value is -3.51. The second-order valence-electron chi connectivity index (χ2n) is 7.05. The molecule has 0 saturated carbocycles. The number of carbonyl (C=O) groups excluding carboxylic acids is 1. The molecule has 0 spiro atoms. The van der Waals surface area contributed by atoms with Crippen LogP contribution in [0.1, 0.15) is 12.5 Å². The summed E-state index contributed by atoms with van der Waals surface area (Å²) in [4.78, 5) is 12.4. The van der Waals surface area contributed by atoms with Crippen molar-refractivity contribution < 1.29 is 19.0 Å². The summed E-state index contributed by atoms with van der Waals surface area (Å²) in [5.41, 5.74) is 2.73. The molecule has 6 nitrogen and oxygen atoms in total. The van der Waals surface area contributed by atoms with Gasteiger partial charge in [-0.3, -0.25) is 4.79 Å². The lowest BCUT2D eigenvalue weighted by atomic mass is 10.2. The quantitative estimate of drug-likeness (QED) is 0.379. The zero-order valence-corrected chi connectivity index (χ0v) is 18.4. The van der Waals surface area contributed by atoms with Gasteiger partial charge in [-0.05, 0) is 48.9 Å². The lowest BCUT2D eigenvalue weighted by Gasteiger charge is -2.13. The van der Waals surface area contributed by atoms with E-state index in [9.17, 15) is 4.79 Å². The highest BCUT2D eigenvalue weighted by atomic mass is 16.5. The predicted molar refractivity (Wildman–Crippen MR) is 128 cm³/mol. The topological polar surface area (TPSA) is 68.8 Å². The molecule has 3 aromatic carbocycles. The smallest absolute Gasteiger partial charge is 0.243 e. The van der Waals surface area contributed by atoms with Crippen LogP contribution in [0.25, 0.3) is 0 Å². The standard InChI is InChI=1S/C26H30N2O4/c1-2-30-18-19-32-25-11-7-6-10-24(25)28-26(29)20-27-22-12-14-23(15-13-22)31-17-16-21-8-4-3-5-9-21/h3-15,27H,2,16-20H2,1H3,(H,28,29). The van der Waals surface area contributed by atoms with Crippen LogP contribution >= 0.6 is 0 Å². The first-order valence-electron chi connectivity index (χ1n) is 10.8. The van der Waals surface area contributed by atoms with Gasteiger partial charge < -0.3 is 24.8 Å². The molecule has 0 aliphatic carbocycles. The first-order chi connectivity index (χ1) is 15.7. The normalized spacial score (nSPS) is 10.4. The summed E-state index contributed by atoms with van der Waals surface area (Å²) >= 11 is 0. The van der Waals surface area contributed by atoms with Crippen molar-refractivity contribution in [1.82, 2.24) is 0 Å². The number of carbonyl (C=O) groups is 1. The summed E-state index contributed by atoms with van der Waals surface area (Å²) in [6.07, 6.45) is 0.859. The molecule has 168 valence electrons. The van der Waals surface area contributed by atoms with Gasteiger partial charge in [0, 0.05) is 18.7 Å². The molecule has 0 aromatic heterocycles. The molecule has 32 heavy (non-hydrogen) atoms. The van der Waals surface area contributed by atoms with E-state index < -0.39 is 0 Å². The first-order valence-corrected chi connectivity index (χ1v) is 10.8. The molecular formula is C26H30N2O4. The van der Waals surface area contributed by atoms with Crippen molar-refractivity contribution >= 4 is 17.3 Å². The van der Waals surface area contributed by atoms with E-state index in [4.69, 9.17) is 14.2 Å². The number of anilines is 2. The SMILES string of the molecule is CCOCCOc1ccccc1NC(=O)CNc1ccc(OCCc2ccccc2)cc1. The first kappa shape index (κ1) is 23.2. The average Bonchev–Trinajstić information content (AvgIpc) is 2.83. The number of para-hydroxylation sites is 2. The van der Waals surface area contributed by atoms with Crippen molar-refractivity contribution in [3.8, 4) is 11.5 Å². The van der Waals surface area contributed by atoms with Gasteiger partial charge in [-0.1, -0.05) is 42.5 Å². The van der Waals surface area contributed by atoms with E-state index in [2.05, 4.69) is 22.8 Å². The monoisotopic (exact) mass is 434 g/mol. The Kier molecular flexibility index (Phi) is 9.42. The van der Waals surface area contributed by atoms with Crippen LogP contribution < -0.4 is 20.1 Å². The van der Waals surface area contributed by atoms with E-state index in [-0.39, 0.29) is 12.5 Å². The highest BCUT2D eigenvalue weighted by Gasteiger charge is 2.08. The largest absolute Gasteiger partial charge is 0.493 e. The minimum absolute atomic E-state index is 0.140. The molecule has 0 unspecified atom stereocenters. The summed E-state index contributed by atoms with van der Waals surface area (Å²) in [5, 5.41) is 6.01. The molecule has 0 aliphatic heterocycles. The van der Waals surface area contributed by atoms with Crippen molar-refractivity contribution in [3.05, 3.63) is 84.4 Å². The highest BCUT2D eigenvalue weighted by molar-refractivity contribution is 5.95. The Morgan fingerprint density at radius 1 is 0.812 bits per heavy atom. The van der Waals surface area contributed by atoms with Gasteiger partial charge in [-0.2, -0.15) is 0 Å². The van der Waals surface area contributed by atoms with Crippen LogP contribution in [0.5, 0.6) is 11.5 Å². The van der Waals surface area contributed by atoms with Crippen molar-refractivity contribution in [2.45, 2.75) is 13.3 Å². The molecule has 0 atom stereocenters. The Labute approximate surface area is 189 Å². The Morgan fingerprint density at radius 2 is 1.56 bits per heavy atom. The van der Waals surface area contributed by atoms with Gasteiger partial charge in [0.15, 0.2) is 0 Å². The Morgan fingerprint density at radius 3 is 2.34 bits per heavy atom. The second-order valence-corrected chi connectivity index (χ2v) is 7.05. The third-order valence-corrected chi connectivity index (χ3v) is 4.66. The molecule has 0 heterocycles. The van der Waals surface area contributed by atoms with E-state index in [0.29, 0.717) is 37.9 Å². The van der Waals surface area contributed by atoms with Crippen molar-refractivity contribution in [2.24, 2.45) is 0 Å². The van der Waals surface area contributed by atoms with Gasteiger partial charge in [-0.25, -0.2) is 0 Å². The predicted octanol–water partition coefficient (Wildman–Crippen LogP) is 4.77. The van der Waals surface area contributed by atoms with Crippen LogP contribution in [0.3, 0.4) is 0 Å².